The summed E-state index contributed by atoms with van der Waals surface area (Å²) in [5.41, 5.74) is 0.660. The Kier molecular flexibility index (Phi) is 6.85. The molecule has 8 nitrogen and oxygen atoms in total. The Balaban J connectivity index is 1.24. The number of amides is 1. The molecule has 5 rings (SSSR count). The number of thiophene rings is 1. The van der Waals surface area contributed by atoms with Crippen LogP contribution in [0.15, 0.2) is 20.2 Å². The molecule has 2 saturated carbocycles. The van der Waals surface area contributed by atoms with E-state index in [4.69, 9.17) is 4.52 Å². The molecular formula is C23H32N4O4S2. The Morgan fingerprint density at radius 3 is 2.58 bits per heavy atom. The van der Waals surface area contributed by atoms with Gasteiger partial charge in [0.2, 0.25) is 17.6 Å². The molecule has 2 aromatic rings. The summed E-state index contributed by atoms with van der Waals surface area (Å²) in [6, 6.07) is 1.86. The van der Waals surface area contributed by atoms with Crippen LogP contribution in [0, 0.1) is 5.92 Å². The molecule has 3 heterocycles. The van der Waals surface area contributed by atoms with Crippen molar-refractivity contribution in [1.82, 2.24) is 19.8 Å². The second-order valence-corrected chi connectivity index (χ2v) is 12.7. The van der Waals surface area contributed by atoms with Crippen LogP contribution >= 0.6 is 11.3 Å². The lowest BCUT2D eigenvalue weighted by atomic mass is 9.85. The minimum atomic E-state index is -3.67. The zero-order valence-electron chi connectivity index (χ0n) is 18.9. The fourth-order valence-electron chi connectivity index (χ4n) is 4.99. The van der Waals surface area contributed by atoms with Crippen LogP contribution in [-0.4, -0.2) is 47.9 Å². The Hall–Kier alpha value is -1.78. The SMILES string of the molecule is O=C(NC1CCCCCC1)[C@H]1CCCN(S(=O)(=O)c2cc(-c3noc(C4CCC4)n3)cs2)C1. The summed E-state index contributed by atoms with van der Waals surface area (Å²) in [6.07, 6.45) is 11.5. The van der Waals surface area contributed by atoms with E-state index in [-0.39, 0.29) is 28.6 Å². The van der Waals surface area contributed by atoms with Gasteiger partial charge in [-0.25, -0.2) is 8.42 Å². The van der Waals surface area contributed by atoms with Gasteiger partial charge in [-0.2, -0.15) is 9.29 Å². The van der Waals surface area contributed by atoms with Gasteiger partial charge < -0.3 is 9.84 Å². The van der Waals surface area contributed by atoms with Gasteiger partial charge in [0.25, 0.3) is 10.0 Å². The van der Waals surface area contributed by atoms with Crippen molar-refractivity contribution in [1.29, 1.82) is 0 Å². The zero-order valence-corrected chi connectivity index (χ0v) is 20.5. The summed E-state index contributed by atoms with van der Waals surface area (Å²) in [7, 11) is -3.67. The van der Waals surface area contributed by atoms with Crippen molar-refractivity contribution in [2.45, 2.75) is 86.8 Å². The smallest absolute Gasteiger partial charge is 0.252 e. The van der Waals surface area contributed by atoms with E-state index in [1.807, 2.05) is 0 Å². The first-order valence-corrected chi connectivity index (χ1v) is 14.6. The van der Waals surface area contributed by atoms with Crippen LogP contribution in [0.5, 0.6) is 0 Å². The number of carbonyl (C=O) groups excluding carboxylic acids is 1. The second kappa shape index (κ2) is 9.84. The van der Waals surface area contributed by atoms with Crippen molar-refractivity contribution in [3.05, 3.63) is 17.3 Å². The predicted molar refractivity (Wildman–Crippen MR) is 125 cm³/mol. The number of carbonyl (C=O) groups is 1. The monoisotopic (exact) mass is 492 g/mol. The van der Waals surface area contributed by atoms with E-state index in [9.17, 15) is 13.2 Å². The molecule has 1 amide bonds. The molecule has 1 atom stereocenters. The molecule has 180 valence electrons. The molecule has 0 spiro atoms. The molecular weight excluding hydrogens is 460 g/mol. The highest BCUT2D eigenvalue weighted by Gasteiger charge is 2.35. The summed E-state index contributed by atoms with van der Waals surface area (Å²) >= 11 is 1.17. The molecule has 3 fully saturated rings. The van der Waals surface area contributed by atoms with Gasteiger partial charge in [0.05, 0.1) is 5.92 Å². The lowest BCUT2D eigenvalue weighted by Gasteiger charge is -2.31. The molecule has 10 heteroatoms. The number of rotatable bonds is 6. The maximum Gasteiger partial charge on any atom is 0.252 e. The molecule has 1 aliphatic heterocycles. The van der Waals surface area contributed by atoms with Crippen molar-refractivity contribution in [2.24, 2.45) is 5.92 Å². The van der Waals surface area contributed by atoms with Crippen LogP contribution in [0.2, 0.25) is 0 Å². The minimum Gasteiger partial charge on any atom is -0.353 e. The first kappa shape index (κ1) is 23.0. The van der Waals surface area contributed by atoms with Crippen molar-refractivity contribution >= 4 is 27.3 Å². The maximum absolute atomic E-state index is 13.3. The first-order chi connectivity index (χ1) is 16.0. The van der Waals surface area contributed by atoms with E-state index in [2.05, 4.69) is 15.5 Å². The van der Waals surface area contributed by atoms with E-state index in [0.29, 0.717) is 36.2 Å². The molecule has 2 aromatic heterocycles. The number of hydrogen-bond donors (Lipinski definition) is 1. The lowest BCUT2D eigenvalue weighted by molar-refractivity contribution is -0.126. The Labute approximate surface area is 199 Å². The molecule has 1 N–H and O–H groups in total. The minimum absolute atomic E-state index is 0.00369. The van der Waals surface area contributed by atoms with E-state index in [0.717, 1.165) is 44.9 Å². The first-order valence-electron chi connectivity index (χ1n) is 12.2. The summed E-state index contributed by atoms with van der Waals surface area (Å²) in [6.45, 7) is 0.680. The molecule has 0 aromatic carbocycles. The average Bonchev–Trinajstić information content (AvgIpc) is 3.39. The lowest BCUT2D eigenvalue weighted by Crippen LogP contribution is -2.47. The van der Waals surface area contributed by atoms with Gasteiger partial charge in [-0.15, -0.1) is 11.3 Å². The molecule has 0 radical (unpaired) electrons. The molecule has 1 saturated heterocycles. The van der Waals surface area contributed by atoms with E-state index in [1.54, 1.807) is 11.4 Å². The van der Waals surface area contributed by atoms with Gasteiger partial charge in [-0.1, -0.05) is 37.3 Å². The van der Waals surface area contributed by atoms with Crippen molar-refractivity contribution < 1.29 is 17.7 Å². The predicted octanol–water partition coefficient (Wildman–Crippen LogP) is 4.31. The summed E-state index contributed by atoms with van der Waals surface area (Å²) < 4.78 is 33.8. The Morgan fingerprint density at radius 1 is 1.06 bits per heavy atom. The quantitative estimate of drug-likeness (QED) is 0.603. The van der Waals surface area contributed by atoms with Gasteiger partial charge in [0.1, 0.15) is 4.21 Å². The summed E-state index contributed by atoms with van der Waals surface area (Å²) in [5.74, 6) is 1.13. The van der Waals surface area contributed by atoms with Gasteiger partial charge in [0.15, 0.2) is 0 Å². The Bertz CT molecular complexity index is 1070. The summed E-state index contributed by atoms with van der Waals surface area (Å²) in [5, 5.41) is 9.02. The average molecular weight is 493 g/mol. The third kappa shape index (κ3) is 5.02. The van der Waals surface area contributed by atoms with Gasteiger partial charge in [0, 0.05) is 36.0 Å². The van der Waals surface area contributed by atoms with Crippen LogP contribution in [0.3, 0.4) is 0 Å². The number of nitrogens with one attached hydrogen (secondary N) is 1. The Morgan fingerprint density at radius 2 is 1.85 bits per heavy atom. The summed E-state index contributed by atoms with van der Waals surface area (Å²) in [4.78, 5) is 17.4. The fraction of sp³-hybridized carbons (Fsp3) is 0.696. The highest BCUT2D eigenvalue weighted by molar-refractivity contribution is 7.91. The molecule has 0 unspecified atom stereocenters. The molecule has 33 heavy (non-hydrogen) atoms. The van der Waals surface area contributed by atoms with Crippen molar-refractivity contribution in [2.75, 3.05) is 13.1 Å². The number of hydrogen-bond acceptors (Lipinski definition) is 7. The number of nitrogens with zero attached hydrogens (tertiary/aromatic N) is 3. The zero-order chi connectivity index (χ0) is 22.8. The highest BCUT2D eigenvalue weighted by atomic mass is 32.2. The normalized spacial score (nSPS) is 23.7. The van der Waals surface area contributed by atoms with Gasteiger partial charge in [-0.05, 0) is 44.6 Å². The van der Waals surface area contributed by atoms with Crippen molar-refractivity contribution in [3.8, 4) is 11.4 Å². The van der Waals surface area contributed by atoms with Crippen LogP contribution in [-0.2, 0) is 14.8 Å². The van der Waals surface area contributed by atoms with Crippen LogP contribution in [0.4, 0.5) is 0 Å². The topological polar surface area (TPSA) is 105 Å². The molecule has 3 aliphatic rings. The van der Waals surface area contributed by atoms with Gasteiger partial charge >= 0.3 is 0 Å². The van der Waals surface area contributed by atoms with Crippen LogP contribution in [0.25, 0.3) is 11.4 Å². The van der Waals surface area contributed by atoms with Gasteiger partial charge in [-0.3, -0.25) is 4.79 Å². The number of piperidine rings is 1. The van der Waals surface area contributed by atoms with E-state index >= 15 is 0 Å². The van der Waals surface area contributed by atoms with Crippen LogP contribution < -0.4 is 5.32 Å². The number of aromatic nitrogens is 2. The largest absolute Gasteiger partial charge is 0.353 e. The van der Waals surface area contributed by atoms with Crippen molar-refractivity contribution in [3.63, 3.8) is 0 Å². The van der Waals surface area contributed by atoms with E-state index < -0.39 is 10.0 Å². The fourth-order valence-corrected chi connectivity index (χ4v) is 7.82. The standard InChI is InChI=1S/C23H32N4O4S2/c28-22(24-19-10-3-1-2-4-11-19)17-9-6-12-27(14-17)33(29,30)20-13-18(15-32-20)21-25-23(31-26-21)16-7-5-8-16/h13,15-17,19H,1-12,14H2,(H,24,28)/t17-/m0/s1. The number of sulfonamides is 1. The third-order valence-electron chi connectivity index (χ3n) is 7.28. The maximum atomic E-state index is 13.3. The molecule has 2 aliphatic carbocycles. The second-order valence-electron chi connectivity index (χ2n) is 9.64. The van der Waals surface area contributed by atoms with Crippen LogP contribution in [0.1, 0.15) is 82.4 Å². The van der Waals surface area contributed by atoms with E-state index in [1.165, 1.54) is 34.9 Å². The highest BCUT2D eigenvalue weighted by Crippen LogP contribution is 2.37. The molecule has 0 bridgehead atoms. The third-order valence-corrected chi connectivity index (χ3v) is 10.6.